The van der Waals surface area contributed by atoms with Crippen molar-refractivity contribution < 1.29 is 22.3 Å². The second-order valence-electron chi connectivity index (χ2n) is 5.78. The fourth-order valence-corrected chi connectivity index (χ4v) is 3.43. The summed E-state index contributed by atoms with van der Waals surface area (Å²) in [6, 6.07) is 0.834. The van der Waals surface area contributed by atoms with Gasteiger partial charge in [-0.1, -0.05) is 6.92 Å². The average Bonchev–Trinajstić information content (AvgIpc) is 3.40. The first-order chi connectivity index (χ1) is 11.8. The van der Waals surface area contributed by atoms with E-state index in [0.29, 0.717) is 0 Å². The monoisotopic (exact) mass is 368 g/mol. The van der Waals surface area contributed by atoms with Gasteiger partial charge in [0.25, 0.3) is 0 Å². The van der Waals surface area contributed by atoms with Gasteiger partial charge in [-0.15, -0.1) is 0 Å². The van der Waals surface area contributed by atoms with Crippen LogP contribution in [-0.2, 0) is 14.6 Å². The number of aromatic nitrogens is 2. The maximum atomic E-state index is 14.3. The highest BCUT2D eigenvalue weighted by atomic mass is 32.2. The molecular weight excluding hydrogens is 351 g/mol. The lowest BCUT2D eigenvalue weighted by atomic mass is 10.2. The Labute approximate surface area is 143 Å². The first-order valence-electron chi connectivity index (χ1n) is 7.95. The predicted octanol–water partition coefficient (Wildman–Crippen LogP) is 1.84. The lowest BCUT2D eigenvalue weighted by Gasteiger charge is -2.13. The van der Waals surface area contributed by atoms with E-state index in [1.54, 1.807) is 11.5 Å². The molecule has 0 unspecified atom stereocenters. The van der Waals surface area contributed by atoms with E-state index in [0.717, 1.165) is 18.9 Å². The maximum absolute atomic E-state index is 14.3. The zero-order valence-corrected chi connectivity index (χ0v) is 14.6. The van der Waals surface area contributed by atoms with E-state index in [4.69, 9.17) is 4.74 Å². The van der Waals surface area contributed by atoms with E-state index >= 15 is 0 Å². The molecule has 25 heavy (non-hydrogen) atoms. The van der Waals surface area contributed by atoms with Crippen LogP contribution in [0.5, 0.6) is 0 Å². The molecule has 134 valence electrons. The van der Waals surface area contributed by atoms with Crippen molar-refractivity contribution in [3.8, 4) is 0 Å². The second kappa shape index (κ2) is 6.21. The first-order valence-corrected chi connectivity index (χ1v) is 9.60. The SMILES string of the molecule is CCOC(=O)c1cn(C2CC2)c2nc(S(=O)(=O)CC)c(F)cc2c1=O. The quantitative estimate of drug-likeness (QED) is 0.748. The van der Waals surface area contributed by atoms with Crippen molar-refractivity contribution in [3.63, 3.8) is 0 Å². The van der Waals surface area contributed by atoms with Crippen LogP contribution >= 0.6 is 0 Å². The van der Waals surface area contributed by atoms with Crippen LogP contribution < -0.4 is 5.43 Å². The topological polar surface area (TPSA) is 95.3 Å². The molecule has 7 nitrogen and oxygen atoms in total. The Bertz CT molecular complexity index is 1020. The summed E-state index contributed by atoms with van der Waals surface area (Å²) in [4.78, 5) is 28.5. The highest BCUT2D eigenvalue weighted by Gasteiger charge is 2.30. The zero-order chi connectivity index (χ0) is 18.4. The normalized spacial score (nSPS) is 14.7. The van der Waals surface area contributed by atoms with E-state index in [2.05, 4.69) is 4.98 Å². The van der Waals surface area contributed by atoms with Gasteiger partial charge in [0, 0.05) is 12.2 Å². The Morgan fingerprint density at radius 1 is 1.40 bits per heavy atom. The summed E-state index contributed by atoms with van der Waals surface area (Å²) < 4.78 is 44.8. The molecule has 1 saturated carbocycles. The number of sulfone groups is 1. The Kier molecular flexibility index (Phi) is 4.36. The Morgan fingerprint density at radius 2 is 2.08 bits per heavy atom. The number of fused-ring (bicyclic) bond motifs is 1. The van der Waals surface area contributed by atoms with Gasteiger partial charge >= 0.3 is 5.97 Å². The highest BCUT2D eigenvalue weighted by molar-refractivity contribution is 7.91. The minimum atomic E-state index is -3.88. The molecule has 2 aromatic heterocycles. The van der Waals surface area contributed by atoms with Crippen LogP contribution in [-0.4, -0.2) is 36.3 Å². The van der Waals surface area contributed by atoms with E-state index in [-0.39, 0.29) is 35.0 Å². The summed E-state index contributed by atoms with van der Waals surface area (Å²) in [5.41, 5.74) is -0.875. The summed E-state index contributed by atoms with van der Waals surface area (Å²) in [7, 11) is -3.88. The largest absolute Gasteiger partial charge is 0.462 e. The molecular formula is C16H17FN2O5S. The lowest BCUT2D eigenvalue weighted by Crippen LogP contribution is -2.22. The van der Waals surface area contributed by atoms with E-state index in [1.807, 2.05) is 0 Å². The van der Waals surface area contributed by atoms with Crippen LogP contribution in [0.4, 0.5) is 4.39 Å². The van der Waals surface area contributed by atoms with Crippen LogP contribution in [0.3, 0.4) is 0 Å². The van der Waals surface area contributed by atoms with Crippen LogP contribution in [0.1, 0.15) is 43.1 Å². The van der Waals surface area contributed by atoms with Gasteiger partial charge in [0.2, 0.25) is 5.43 Å². The number of ether oxygens (including phenoxy) is 1. The van der Waals surface area contributed by atoms with Crippen molar-refractivity contribution in [3.05, 3.63) is 33.9 Å². The number of carbonyl (C=O) groups excluding carboxylic acids is 1. The molecule has 0 spiro atoms. The summed E-state index contributed by atoms with van der Waals surface area (Å²) in [5, 5.41) is -0.815. The molecule has 3 rings (SSSR count). The number of hydrogen-bond acceptors (Lipinski definition) is 6. The molecule has 0 bridgehead atoms. The van der Waals surface area contributed by atoms with Crippen molar-refractivity contribution in [2.45, 2.75) is 37.8 Å². The number of rotatable bonds is 5. The molecule has 2 aromatic rings. The molecule has 1 aliphatic rings. The standard InChI is InChI=1S/C16H17FN2O5S/c1-3-24-16(21)11-8-19(9-5-6-9)14-10(13(11)20)7-12(17)15(18-14)25(22,23)4-2/h7-9H,3-6H2,1-2H3. The van der Waals surface area contributed by atoms with Crippen LogP contribution in [0.15, 0.2) is 22.1 Å². The molecule has 0 aromatic carbocycles. The van der Waals surface area contributed by atoms with Gasteiger partial charge in [0.05, 0.1) is 17.7 Å². The predicted molar refractivity (Wildman–Crippen MR) is 87.9 cm³/mol. The highest BCUT2D eigenvalue weighted by Crippen LogP contribution is 2.37. The van der Waals surface area contributed by atoms with Gasteiger partial charge in [-0.25, -0.2) is 22.6 Å². The van der Waals surface area contributed by atoms with Crippen molar-refractivity contribution in [1.29, 1.82) is 0 Å². The molecule has 1 fully saturated rings. The van der Waals surface area contributed by atoms with Gasteiger partial charge in [-0.3, -0.25) is 4.79 Å². The summed E-state index contributed by atoms with van der Waals surface area (Å²) in [6.07, 6.45) is 2.93. The van der Waals surface area contributed by atoms with Gasteiger partial charge in [0.15, 0.2) is 20.7 Å². The molecule has 0 aliphatic heterocycles. The third kappa shape index (κ3) is 3.04. The van der Waals surface area contributed by atoms with Crippen molar-refractivity contribution in [1.82, 2.24) is 9.55 Å². The third-order valence-electron chi connectivity index (χ3n) is 4.04. The van der Waals surface area contributed by atoms with Gasteiger partial charge in [0.1, 0.15) is 11.2 Å². The number of hydrogen-bond donors (Lipinski definition) is 0. The summed E-state index contributed by atoms with van der Waals surface area (Å²) >= 11 is 0. The number of esters is 1. The van der Waals surface area contributed by atoms with Crippen LogP contribution in [0.25, 0.3) is 11.0 Å². The second-order valence-corrected chi connectivity index (χ2v) is 7.97. The number of halogens is 1. The van der Waals surface area contributed by atoms with E-state index in [1.165, 1.54) is 13.1 Å². The maximum Gasteiger partial charge on any atom is 0.343 e. The number of nitrogens with zero attached hydrogens (tertiary/aromatic N) is 2. The molecule has 0 radical (unpaired) electrons. The summed E-state index contributed by atoms with van der Waals surface area (Å²) in [6.45, 7) is 3.10. The lowest BCUT2D eigenvalue weighted by molar-refractivity contribution is 0.0524. The van der Waals surface area contributed by atoms with Crippen LogP contribution in [0.2, 0.25) is 0 Å². The molecule has 9 heteroatoms. The van der Waals surface area contributed by atoms with E-state index < -0.39 is 32.1 Å². The van der Waals surface area contributed by atoms with Gasteiger partial charge < -0.3 is 9.30 Å². The molecule has 2 heterocycles. The Hall–Kier alpha value is -2.29. The molecule has 0 amide bonds. The smallest absolute Gasteiger partial charge is 0.343 e. The minimum Gasteiger partial charge on any atom is -0.462 e. The Morgan fingerprint density at radius 3 is 2.64 bits per heavy atom. The van der Waals surface area contributed by atoms with Gasteiger partial charge in [-0.2, -0.15) is 0 Å². The molecule has 0 N–H and O–H groups in total. The average molecular weight is 368 g/mol. The van der Waals surface area contributed by atoms with Crippen molar-refractivity contribution in [2.75, 3.05) is 12.4 Å². The Balaban J connectivity index is 2.35. The number of pyridine rings is 2. The zero-order valence-electron chi connectivity index (χ0n) is 13.8. The third-order valence-corrected chi connectivity index (χ3v) is 5.67. The van der Waals surface area contributed by atoms with Gasteiger partial charge in [-0.05, 0) is 25.8 Å². The van der Waals surface area contributed by atoms with Crippen molar-refractivity contribution >= 4 is 26.8 Å². The molecule has 0 saturated heterocycles. The molecule has 1 aliphatic carbocycles. The fourth-order valence-electron chi connectivity index (χ4n) is 2.57. The minimum absolute atomic E-state index is 0.00795. The van der Waals surface area contributed by atoms with Crippen molar-refractivity contribution in [2.24, 2.45) is 0 Å². The first kappa shape index (κ1) is 17.5. The molecule has 0 atom stereocenters. The van der Waals surface area contributed by atoms with Crippen LogP contribution in [0, 0.1) is 5.82 Å². The van der Waals surface area contributed by atoms with E-state index in [9.17, 15) is 22.4 Å². The number of carbonyl (C=O) groups is 1. The fraction of sp³-hybridized carbons (Fsp3) is 0.438. The summed E-state index contributed by atoms with van der Waals surface area (Å²) in [5.74, 6) is -2.21.